The van der Waals surface area contributed by atoms with Crippen LogP contribution in [-0.2, 0) is 65.6 Å². The van der Waals surface area contributed by atoms with Crippen molar-refractivity contribution < 1.29 is 57.8 Å². The zero-order valence-electron chi connectivity index (χ0n) is 40.9. The highest BCUT2D eigenvalue weighted by atomic mass is 32.1. The van der Waals surface area contributed by atoms with Crippen LogP contribution in [0.4, 0.5) is 0 Å². The SMILES string of the molecule is NC(=O)CC[C@H](NC(=O)[C@H](Cc1ccccc1)NC(=O)[C@H](Cc1ccc(O)cc1)NC(=O)[C@@H](N)CS)C(=O)N[C@@H](CC(N)=O)C(=O)N[C@@H](CS)C(=O)N1CCC[C@H]1C(=O)N[C@H](CCCN=C(N)N)C(=O)NCC(N)=O. The van der Waals surface area contributed by atoms with E-state index in [-0.39, 0.29) is 68.4 Å². The molecule has 0 spiro atoms. The molecule has 0 radical (unpaired) electrons. The van der Waals surface area contributed by atoms with Crippen molar-refractivity contribution in [1.82, 2.24) is 42.1 Å². The Morgan fingerprint density at radius 3 is 1.71 bits per heavy atom. The molecule has 0 saturated carbocycles. The number of nitrogens with zero attached hydrogens (tertiary/aromatic N) is 2. The van der Waals surface area contributed by atoms with E-state index in [0.29, 0.717) is 17.5 Å². The second-order valence-electron chi connectivity index (χ2n) is 17.4. The number of benzene rings is 2. The Labute approximate surface area is 442 Å². The van der Waals surface area contributed by atoms with Gasteiger partial charge in [-0.2, -0.15) is 25.3 Å². The van der Waals surface area contributed by atoms with Gasteiger partial charge in [0.2, 0.25) is 65.0 Å². The Kier molecular flexibility index (Phi) is 25.6. The van der Waals surface area contributed by atoms with Gasteiger partial charge in [0.1, 0.15) is 48.0 Å². The van der Waals surface area contributed by atoms with Crippen molar-refractivity contribution in [3.8, 4) is 5.75 Å². The number of carbonyl (C=O) groups is 11. The second kappa shape index (κ2) is 31.2. The number of aromatic hydroxyl groups is 1. The molecule has 1 fully saturated rings. The highest BCUT2D eigenvalue weighted by Crippen LogP contribution is 2.20. The first-order chi connectivity index (χ1) is 35.5. The standard InChI is InChI=1S/C46H67N15O12S2/c47-27(22-74)38(66)57-30(19-25-10-12-26(62)13-11-25)42(70)58-31(18-24-6-2-1-3-7-24)41(69)55-29(14-15-35(48)63)40(68)59-32(20-36(49)64)43(71)60-33(23-75)45(73)61-17-5-9-34(61)44(72)56-28(8-4-16-53-46(51)52)39(67)54-21-37(50)65/h1-3,6-7,10-13,27-34,62,74-75H,4-5,8-9,14-23,47H2,(H2,48,63)(H2,49,64)(H2,50,65)(H,54,67)(H,55,69)(H,56,72)(H,57,66)(H,58,70)(H,59,68)(H,60,71)(H4,51,52,53)/t27-,28+,29-,30-,31-,32-,33-,34-/m0/s1. The van der Waals surface area contributed by atoms with Gasteiger partial charge in [-0.25, -0.2) is 0 Å². The topological polar surface area (TPSA) is 464 Å². The molecule has 75 heavy (non-hydrogen) atoms. The Morgan fingerprint density at radius 1 is 0.613 bits per heavy atom. The van der Waals surface area contributed by atoms with E-state index in [1.165, 1.54) is 24.3 Å². The molecule has 8 atom stereocenters. The minimum Gasteiger partial charge on any atom is -0.508 e. The maximum atomic E-state index is 14.3. The van der Waals surface area contributed by atoms with Crippen molar-refractivity contribution in [3.05, 3.63) is 65.7 Å². The quantitative estimate of drug-likeness (QED) is 0.0145. The normalized spacial score (nSPS) is 15.7. The third kappa shape index (κ3) is 21.4. The average molecular weight is 1090 g/mol. The van der Waals surface area contributed by atoms with E-state index in [1.54, 1.807) is 30.3 Å². The first kappa shape index (κ1) is 61.6. The highest BCUT2D eigenvalue weighted by Gasteiger charge is 2.40. The Balaban J connectivity index is 1.86. The number of carbonyl (C=O) groups excluding carboxylic acids is 11. The minimum absolute atomic E-state index is 0.0193. The maximum Gasteiger partial charge on any atom is 0.246 e. The second-order valence-corrected chi connectivity index (χ2v) is 18.1. The zero-order valence-corrected chi connectivity index (χ0v) is 42.7. The first-order valence-corrected chi connectivity index (χ1v) is 24.9. The van der Waals surface area contributed by atoms with Crippen LogP contribution in [0.15, 0.2) is 59.6 Å². The van der Waals surface area contributed by atoms with Crippen LogP contribution >= 0.6 is 25.3 Å². The smallest absolute Gasteiger partial charge is 0.246 e. The number of primary amides is 3. The number of phenols is 1. The Bertz CT molecular complexity index is 2380. The maximum absolute atomic E-state index is 14.3. The molecule has 0 bridgehead atoms. The van der Waals surface area contributed by atoms with Gasteiger partial charge in [-0.1, -0.05) is 42.5 Å². The summed E-state index contributed by atoms with van der Waals surface area (Å²) >= 11 is 8.30. The van der Waals surface area contributed by atoms with Gasteiger partial charge in [-0.05, 0) is 55.4 Å². The van der Waals surface area contributed by atoms with E-state index in [2.05, 4.69) is 67.5 Å². The van der Waals surface area contributed by atoms with Crippen molar-refractivity contribution >= 4 is 96.2 Å². The van der Waals surface area contributed by atoms with Gasteiger partial charge in [0, 0.05) is 43.9 Å². The largest absolute Gasteiger partial charge is 0.508 e. The van der Waals surface area contributed by atoms with Crippen molar-refractivity contribution in [3.63, 3.8) is 0 Å². The van der Waals surface area contributed by atoms with Crippen LogP contribution in [0.3, 0.4) is 0 Å². The van der Waals surface area contributed by atoms with Gasteiger partial charge < -0.3 is 81.6 Å². The molecule has 3 rings (SSSR count). The third-order valence-electron chi connectivity index (χ3n) is 11.5. The molecule has 2 aromatic rings. The number of aliphatic imine (C=N–C) groups is 1. The van der Waals surface area contributed by atoms with Crippen LogP contribution < -0.4 is 71.6 Å². The third-order valence-corrected chi connectivity index (χ3v) is 12.2. The molecule has 0 unspecified atom stereocenters. The molecule has 0 aliphatic carbocycles. The van der Waals surface area contributed by atoms with Crippen molar-refractivity contribution in [1.29, 1.82) is 0 Å². The molecule has 27 nitrogen and oxygen atoms in total. The fraction of sp³-hybridized carbons (Fsp3) is 0.478. The zero-order chi connectivity index (χ0) is 55.8. The number of phenolic OH excluding ortho intramolecular Hbond substituents is 1. The first-order valence-electron chi connectivity index (χ1n) is 23.6. The van der Waals surface area contributed by atoms with Crippen molar-refractivity contribution in [2.45, 2.75) is 106 Å². The molecule has 2 aromatic carbocycles. The van der Waals surface area contributed by atoms with Gasteiger partial charge >= 0.3 is 0 Å². The molecule has 11 amide bonds. The van der Waals surface area contributed by atoms with E-state index in [0.717, 1.165) is 4.90 Å². The van der Waals surface area contributed by atoms with Gasteiger partial charge in [-0.15, -0.1) is 0 Å². The van der Waals surface area contributed by atoms with Crippen molar-refractivity contribution in [2.24, 2.45) is 39.4 Å². The number of amides is 11. The van der Waals surface area contributed by atoms with E-state index in [1.807, 2.05) is 0 Å². The predicted molar refractivity (Wildman–Crippen MR) is 278 cm³/mol. The summed E-state index contributed by atoms with van der Waals surface area (Å²) in [4.78, 5) is 151. The summed E-state index contributed by atoms with van der Waals surface area (Å²) in [6, 6.07) is 2.96. The summed E-state index contributed by atoms with van der Waals surface area (Å²) in [7, 11) is 0. The molecular formula is C46H67N15O12S2. The molecule has 1 saturated heterocycles. The van der Waals surface area contributed by atoms with Crippen LogP contribution in [0.1, 0.15) is 56.1 Å². The van der Waals surface area contributed by atoms with Gasteiger partial charge in [0.05, 0.1) is 19.0 Å². The minimum atomic E-state index is -1.80. The summed E-state index contributed by atoms with van der Waals surface area (Å²) in [5, 5.41) is 27.2. The summed E-state index contributed by atoms with van der Waals surface area (Å²) in [6.45, 7) is -0.383. The van der Waals surface area contributed by atoms with E-state index < -0.39 is 139 Å². The lowest BCUT2D eigenvalue weighted by Gasteiger charge is -2.30. The molecule has 1 aliphatic rings. The number of rotatable bonds is 31. The highest BCUT2D eigenvalue weighted by molar-refractivity contribution is 7.80. The molecule has 1 heterocycles. The lowest BCUT2D eigenvalue weighted by atomic mass is 10.0. The molecule has 1 aliphatic heterocycles. The number of hydrogen-bond donors (Lipinski definition) is 16. The number of guanidine groups is 1. The molecule has 410 valence electrons. The van der Waals surface area contributed by atoms with Crippen LogP contribution in [-0.4, -0.2) is 160 Å². The van der Waals surface area contributed by atoms with Gasteiger partial charge in [0.25, 0.3) is 0 Å². The van der Waals surface area contributed by atoms with E-state index in [4.69, 9.17) is 34.4 Å². The number of likely N-dealkylation sites (tertiary alicyclic amines) is 1. The lowest BCUT2D eigenvalue weighted by Crippen LogP contribution is -2.61. The lowest BCUT2D eigenvalue weighted by molar-refractivity contribution is -0.142. The number of hydrogen-bond acceptors (Lipinski definition) is 16. The molecule has 29 heteroatoms. The fourth-order valence-corrected chi connectivity index (χ4v) is 7.99. The summed E-state index contributed by atoms with van der Waals surface area (Å²) in [6.07, 6.45) is -1.35. The molecular weight excluding hydrogens is 1020 g/mol. The Morgan fingerprint density at radius 2 is 1.15 bits per heavy atom. The van der Waals surface area contributed by atoms with Crippen molar-refractivity contribution in [2.75, 3.05) is 31.1 Å². The summed E-state index contributed by atoms with van der Waals surface area (Å²) in [5.74, 6) is -10.6. The average Bonchev–Trinajstić information content (AvgIpc) is 3.87. The fourth-order valence-electron chi connectivity index (χ4n) is 7.58. The number of nitrogens with two attached hydrogens (primary N) is 6. The van der Waals surface area contributed by atoms with Crippen LogP contribution in [0.5, 0.6) is 5.75 Å². The predicted octanol–water partition coefficient (Wildman–Crippen LogP) is -5.94. The number of thiol groups is 2. The van der Waals surface area contributed by atoms with Crippen LogP contribution in [0.2, 0.25) is 0 Å². The number of nitrogens with one attached hydrogen (secondary N) is 7. The Hall–Kier alpha value is -7.66. The summed E-state index contributed by atoms with van der Waals surface area (Å²) in [5.41, 5.74) is 33.8. The summed E-state index contributed by atoms with van der Waals surface area (Å²) < 4.78 is 0. The van der Waals surface area contributed by atoms with Crippen LogP contribution in [0, 0.1) is 0 Å². The van der Waals surface area contributed by atoms with E-state index >= 15 is 0 Å². The molecule has 0 aromatic heterocycles. The van der Waals surface area contributed by atoms with E-state index in [9.17, 15) is 57.8 Å². The van der Waals surface area contributed by atoms with Gasteiger partial charge in [0.15, 0.2) is 5.96 Å². The van der Waals surface area contributed by atoms with Gasteiger partial charge in [-0.3, -0.25) is 57.7 Å². The monoisotopic (exact) mass is 1090 g/mol. The molecule has 20 N–H and O–H groups in total. The van der Waals surface area contributed by atoms with Crippen LogP contribution in [0.25, 0.3) is 0 Å².